The Balaban J connectivity index is 1.37. The molecule has 5 heteroatoms. The summed E-state index contributed by atoms with van der Waals surface area (Å²) in [6.07, 6.45) is 14.5. The van der Waals surface area contributed by atoms with Crippen LogP contribution in [-0.4, -0.2) is 22.7 Å². The number of phenols is 2. The van der Waals surface area contributed by atoms with Crippen LogP contribution >= 0.6 is 11.3 Å². The average Bonchev–Trinajstić information content (AvgIpc) is 3.20. The first kappa shape index (κ1) is 27.1. The van der Waals surface area contributed by atoms with Crippen LogP contribution in [0.5, 0.6) is 11.5 Å². The summed E-state index contributed by atoms with van der Waals surface area (Å²) in [5, 5.41) is 23.9. The number of hydrogen-bond donors (Lipinski definition) is 3. The van der Waals surface area contributed by atoms with Gasteiger partial charge >= 0.3 is 0 Å². The van der Waals surface area contributed by atoms with Crippen molar-refractivity contribution in [1.82, 2.24) is 5.32 Å². The molecule has 0 atom stereocenters. The van der Waals surface area contributed by atoms with Crippen LogP contribution in [0.4, 0.5) is 0 Å². The van der Waals surface area contributed by atoms with Crippen molar-refractivity contribution in [2.24, 2.45) is 0 Å². The lowest BCUT2D eigenvalue weighted by atomic mass is 9.99. The van der Waals surface area contributed by atoms with E-state index < -0.39 is 0 Å². The second kappa shape index (κ2) is 14.8. The van der Waals surface area contributed by atoms with E-state index in [-0.39, 0.29) is 11.7 Å². The summed E-state index contributed by atoms with van der Waals surface area (Å²) < 4.78 is 1.10. The largest absolute Gasteiger partial charge is 0.508 e. The molecule has 1 heterocycles. The number of benzene rings is 2. The van der Waals surface area contributed by atoms with Crippen LogP contribution in [0.15, 0.2) is 42.5 Å². The van der Waals surface area contributed by atoms with E-state index in [2.05, 4.69) is 12.2 Å². The summed E-state index contributed by atoms with van der Waals surface area (Å²) in [6, 6.07) is 13.0. The van der Waals surface area contributed by atoms with Crippen molar-refractivity contribution in [2.75, 3.05) is 6.54 Å². The van der Waals surface area contributed by atoms with Crippen molar-refractivity contribution in [3.63, 3.8) is 0 Å². The molecule has 2 aromatic carbocycles. The molecule has 0 radical (unpaired) electrons. The van der Waals surface area contributed by atoms with Gasteiger partial charge in [-0.2, -0.15) is 0 Å². The molecule has 0 spiro atoms. The highest BCUT2D eigenvalue weighted by atomic mass is 32.1. The zero-order chi connectivity index (χ0) is 24.9. The minimum absolute atomic E-state index is 0.206. The maximum atomic E-state index is 12.0. The molecule has 0 fully saturated rings. The van der Waals surface area contributed by atoms with Gasteiger partial charge in [-0.3, -0.25) is 4.79 Å². The summed E-state index contributed by atoms with van der Waals surface area (Å²) in [6.45, 7) is 3.04. The Hall–Kier alpha value is -2.53. The second-order valence-corrected chi connectivity index (χ2v) is 10.6. The topological polar surface area (TPSA) is 69.6 Å². The van der Waals surface area contributed by atoms with E-state index in [0.717, 1.165) is 48.9 Å². The van der Waals surface area contributed by atoms with Crippen molar-refractivity contribution >= 4 is 27.3 Å². The number of carbonyl (C=O) groups is 1. The number of rotatable bonds is 16. The minimum Gasteiger partial charge on any atom is -0.508 e. The van der Waals surface area contributed by atoms with Gasteiger partial charge < -0.3 is 15.5 Å². The number of aryl methyl sites for hydroxylation is 1. The average molecular weight is 496 g/mol. The lowest BCUT2D eigenvalue weighted by molar-refractivity contribution is -0.121. The van der Waals surface area contributed by atoms with E-state index >= 15 is 0 Å². The predicted octanol–water partition coefficient (Wildman–Crippen LogP) is 8.34. The highest BCUT2D eigenvalue weighted by Crippen LogP contribution is 2.41. The molecule has 0 bridgehead atoms. The van der Waals surface area contributed by atoms with E-state index in [4.69, 9.17) is 0 Å². The molecule has 0 aliphatic heterocycles. The number of unbranched alkanes of at least 4 members (excludes halogenated alkanes) is 9. The molecule has 3 rings (SSSR count). The molecular formula is C30H41NO3S. The van der Waals surface area contributed by atoms with Crippen LogP contribution in [0.2, 0.25) is 0 Å². The molecule has 0 saturated carbocycles. The van der Waals surface area contributed by atoms with Crippen molar-refractivity contribution in [3.05, 3.63) is 48.0 Å². The van der Waals surface area contributed by atoms with Crippen LogP contribution in [0.3, 0.4) is 0 Å². The van der Waals surface area contributed by atoms with Crippen LogP contribution < -0.4 is 5.32 Å². The molecule has 190 valence electrons. The number of thiophene rings is 1. The van der Waals surface area contributed by atoms with Crippen LogP contribution in [0, 0.1) is 0 Å². The minimum atomic E-state index is 0.206. The molecule has 3 aromatic rings. The molecule has 3 N–H and O–H groups in total. The smallest absolute Gasteiger partial charge is 0.219 e. The van der Waals surface area contributed by atoms with Crippen molar-refractivity contribution < 1.29 is 15.0 Å². The van der Waals surface area contributed by atoms with Gasteiger partial charge in [0.05, 0.1) is 0 Å². The van der Waals surface area contributed by atoms with Gasteiger partial charge in [-0.25, -0.2) is 0 Å². The molecule has 35 heavy (non-hydrogen) atoms. The molecule has 4 nitrogen and oxygen atoms in total. The molecule has 1 amide bonds. The van der Waals surface area contributed by atoms with Gasteiger partial charge in [0.15, 0.2) is 0 Å². The van der Waals surface area contributed by atoms with Gasteiger partial charge in [0, 0.05) is 22.5 Å². The predicted molar refractivity (Wildman–Crippen MR) is 148 cm³/mol. The molecule has 0 unspecified atom stereocenters. The lowest BCUT2D eigenvalue weighted by Crippen LogP contribution is -2.23. The zero-order valence-corrected chi connectivity index (χ0v) is 22.0. The normalized spacial score (nSPS) is 11.2. The fourth-order valence-corrected chi connectivity index (χ4v) is 5.86. The van der Waals surface area contributed by atoms with Crippen LogP contribution in [0.25, 0.3) is 20.5 Å². The first-order valence-electron chi connectivity index (χ1n) is 13.4. The van der Waals surface area contributed by atoms with Crippen molar-refractivity contribution in [3.8, 4) is 21.9 Å². The van der Waals surface area contributed by atoms with E-state index in [1.807, 2.05) is 24.3 Å². The van der Waals surface area contributed by atoms with E-state index in [1.54, 1.807) is 29.5 Å². The highest BCUT2D eigenvalue weighted by molar-refractivity contribution is 7.22. The molecule has 1 aromatic heterocycles. The third kappa shape index (κ3) is 8.88. The second-order valence-electron chi connectivity index (χ2n) is 9.52. The Morgan fingerprint density at radius 3 is 2.23 bits per heavy atom. The Labute approximate surface area is 214 Å². The molecular weight excluding hydrogens is 454 g/mol. The van der Waals surface area contributed by atoms with Crippen LogP contribution in [-0.2, 0) is 11.2 Å². The quantitative estimate of drug-likeness (QED) is 0.175. The Morgan fingerprint density at radius 2 is 1.46 bits per heavy atom. The summed E-state index contributed by atoms with van der Waals surface area (Å²) >= 11 is 1.71. The van der Waals surface area contributed by atoms with Gasteiger partial charge in [0.1, 0.15) is 11.5 Å². The SMILES string of the molecule is CCCCCCCNC(=O)CCCCCCCCc1c(-c2ccc(O)cc2)sc2cc(O)ccc12. The standard InChI is InChI=1S/C30H41NO3S/c1-2-3-4-9-12-21-31-29(34)14-11-8-6-5-7-10-13-27-26-20-19-25(33)22-28(26)35-30(27)23-15-17-24(32)18-16-23/h15-20,22,32-33H,2-14,21H2,1H3,(H,31,34). The maximum absolute atomic E-state index is 12.0. The van der Waals surface area contributed by atoms with Gasteiger partial charge in [0.2, 0.25) is 5.91 Å². The first-order chi connectivity index (χ1) is 17.1. The lowest BCUT2D eigenvalue weighted by Gasteiger charge is -2.07. The van der Waals surface area contributed by atoms with Gasteiger partial charge in [-0.15, -0.1) is 11.3 Å². The fraction of sp³-hybridized carbons (Fsp3) is 0.500. The Kier molecular flexibility index (Phi) is 11.4. The molecule has 0 saturated heterocycles. The third-order valence-corrected chi connectivity index (χ3v) is 7.83. The molecule has 0 aliphatic carbocycles. The van der Waals surface area contributed by atoms with Gasteiger partial charge in [-0.1, -0.05) is 58.3 Å². The summed E-state index contributed by atoms with van der Waals surface area (Å²) in [5.41, 5.74) is 2.44. The Bertz CT molecular complexity index is 1040. The number of carbonyl (C=O) groups excluding carboxylic acids is 1. The van der Waals surface area contributed by atoms with Gasteiger partial charge in [0.25, 0.3) is 0 Å². The number of amides is 1. The summed E-state index contributed by atoms with van der Waals surface area (Å²) in [7, 11) is 0. The van der Waals surface area contributed by atoms with E-state index in [9.17, 15) is 15.0 Å². The summed E-state index contributed by atoms with van der Waals surface area (Å²) in [4.78, 5) is 13.2. The first-order valence-corrected chi connectivity index (χ1v) is 14.2. The fourth-order valence-electron chi connectivity index (χ4n) is 4.57. The van der Waals surface area contributed by atoms with E-state index in [1.165, 1.54) is 60.8 Å². The zero-order valence-electron chi connectivity index (χ0n) is 21.2. The number of hydrogen-bond acceptors (Lipinski definition) is 4. The van der Waals surface area contributed by atoms with Crippen molar-refractivity contribution in [1.29, 1.82) is 0 Å². The van der Waals surface area contributed by atoms with Crippen LogP contribution in [0.1, 0.15) is 89.5 Å². The van der Waals surface area contributed by atoms with Gasteiger partial charge in [-0.05, 0) is 84.7 Å². The van der Waals surface area contributed by atoms with Crippen molar-refractivity contribution in [2.45, 2.75) is 90.4 Å². The molecule has 0 aliphatic rings. The Morgan fingerprint density at radius 1 is 0.800 bits per heavy atom. The maximum Gasteiger partial charge on any atom is 0.219 e. The van der Waals surface area contributed by atoms with E-state index in [0.29, 0.717) is 12.2 Å². The summed E-state index contributed by atoms with van der Waals surface area (Å²) in [5.74, 6) is 0.773. The number of aromatic hydroxyl groups is 2. The number of phenolic OH excluding ortho intramolecular Hbond substituents is 2. The number of fused-ring (bicyclic) bond motifs is 1. The number of nitrogens with one attached hydrogen (secondary N) is 1. The third-order valence-electron chi connectivity index (χ3n) is 6.59. The highest BCUT2D eigenvalue weighted by Gasteiger charge is 2.14. The monoisotopic (exact) mass is 495 g/mol.